The summed E-state index contributed by atoms with van der Waals surface area (Å²) in [6, 6.07) is 0. The van der Waals surface area contributed by atoms with Crippen LogP contribution in [0.15, 0.2) is 35.2 Å². The lowest BCUT2D eigenvalue weighted by Crippen LogP contribution is -2.40. The van der Waals surface area contributed by atoms with Gasteiger partial charge in [0, 0.05) is 17.7 Å². The fourth-order valence-electron chi connectivity index (χ4n) is 3.00. The molecule has 1 spiro atoms. The highest BCUT2D eigenvalue weighted by molar-refractivity contribution is 5.53. The van der Waals surface area contributed by atoms with Crippen LogP contribution in [0.3, 0.4) is 0 Å². The fourth-order valence-corrected chi connectivity index (χ4v) is 3.00. The predicted octanol–water partition coefficient (Wildman–Crippen LogP) is 0.626. The third-order valence-electron chi connectivity index (χ3n) is 3.86. The average Bonchev–Trinajstić information content (AvgIpc) is 2.55. The lowest BCUT2D eigenvalue weighted by atomic mass is 9.72. The first-order chi connectivity index (χ1) is 7.33. The van der Waals surface area contributed by atoms with Crippen molar-refractivity contribution in [1.29, 1.82) is 0 Å². The molecule has 1 fully saturated rings. The summed E-state index contributed by atoms with van der Waals surface area (Å²) in [6.45, 7) is 3.08. The molecule has 0 unspecified atom stereocenters. The molecule has 0 aromatic heterocycles. The monoisotopic (exact) mass is 203 g/mol. The summed E-state index contributed by atoms with van der Waals surface area (Å²) < 4.78 is 0. The highest BCUT2D eigenvalue weighted by Crippen LogP contribution is 2.48. The summed E-state index contributed by atoms with van der Waals surface area (Å²) in [7, 11) is 0. The molecule has 0 aromatic carbocycles. The van der Waals surface area contributed by atoms with Crippen molar-refractivity contribution in [3.63, 3.8) is 0 Å². The van der Waals surface area contributed by atoms with Crippen molar-refractivity contribution >= 4 is 0 Å². The van der Waals surface area contributed by atoms with E-state index >= 15 is 0 Å². The number of piperidine rings is 1. The van der Waals surface area contributed by atoms with Crippen LogP contribution in [0.1, 0.15) is 12.8 Å². The number of allylic oxidation sites excluding steroid dienone is 2. The Hall–Kier alpha value is -1.22. The van der Waals surface area contributed by atoms with Gasteiger partial charge in [0.25, 0.3) is 0 Å². The molecule has 0 atom stereocenters. The van der Waals surface area contributed by atoms with Gasteiger partial charge in [0.1, 0.15) is 0 Å². The smallest absolute Gasteiger partial charge is 0.0399 e. The quantitative estimate of drug-likeness (QED) is 0.541. The van der Waals surface area contributed by atoms with Gasteiger partial charge in [-0.1, -0.05) is 0 Å². The van der Waals surface area contributed by atoms with Gasteiger partial charge in [-0.25, -0.2) is 0 Å². The van der Waals surface area contributed by atoms with Gasteiger partial charge in [0.2, 0.25) is 0 Å². The van der Waals surface area contributed by atoms with Gasteiger partial charge in [-0.05, 0) is 55.4 Å². The molecule has 0 aromatic rings. The molecule has 1 saturated heterocycles. The SMILES string of the molecule is NC1=CC2=C(C=CNC2)C12CCNCC2. The second kappa shape index (κ2) is 3.14. The van der Waals surface area contributed by atoms with Crippen LogP contribution in [0.5, 0.6) is 0 Å². The van der Waals surface area contributed by atoms with Gasteiger partial charge in [-0.3, -0.25) is 0 Å². The Morgan fingerprint density at radius 1 is 1.27 bits per heavy atom. The highest BCUT2D eigenvalue weighted by Gasteiger charge is 2.42. The van der Waals surface area contributed by atoms with Crippen LogP contribution in [-0.4, -0.2) is 19.6 Å². The minimum atomic E-state index is 0.152. The molecule has 0 amide bonds. The largest absolute Gasteiger partial charge is 0.401 e. The number of hydrogen-bond donors (Lipinski definition) is 3. The molecule has 3 aliphatic rings. The minimum Gasteiger partial charge on any atom is -0.401 e. The zero-order valence-corrected chi connectivity index (χ0v) is 8.84. The number of rotatable bonds is 0. The Bertz CT molecular complexity index is 370. The summed E-state index contributed by atoms with van der Waals surface area (Å²) >= 11 is 0. The van der Waals surface area contributed by atoms with Crippen LogP contribution in [0.4, 0.5) is 0 Å². The predicted molar refractivity (Wildman–Crippen MR) is 61.0 cm³/mol. The van der Waals surface area contributed by atoms with Crippen molar-refractivity contribution in [3.8, 4) is 0 Å². The Balaban J connectivity index is 2.03. The molecule has 0 radical (unpaired) electrons. The molecule has 4 N–H and O–H groups in total. The van der Waals surface area contributed by atoms with E-state index in [4.69, 9.17) is 5.73 Å². The number of nitrogens with two attached hydrogens (primary N) is 1. The normalized spacial score (nSPS) is 27.6. The maximum Gasteiger partial charge on any atom is 0.0399 e. The number of nitrogens with one attached hydrogen (secondary N) is 2. The Morgan fingerprint density at radius 2 is 2.07 bits per heavy atom. The molecule has 2 heterocycles. The first-order valence-electron chi connectivity index (χ1n) is 5.65. The zero-order chi connectivity index (χ0) is 10.3. The molecule has 15 heavy (non-hydrogen) atoms. The summed E-state index contributed by atoms with van der Waals surface area (Å²) in [5.74, 6) is 0. The third-order valence-corrected chi connectivity index (χ3v) is 3.86. The highest BCUT2D eigenvalue weighted by atomic mass is 14.9. The van der Waals surface area contributed by atoms with E-state index in [0.717, 1.165) is 38.2 Å². The molecule has 0 bridgehead atoms. The number of hydrogen-bond acceptors (Lipinski definition) is 3. The van der Waals surface area contributed by atoms with Gasteiger partial charge < -0.3 is 16.4 Å². The van der Waals surface area contributed by atoms with E-state index in [0.29, 0.717) is 0 Å². The van der Waals surface area contributed by atoms with Crippen LogP contribution in [0.2, 0.25) is 0 Å². The number of dihydropyridines is 1. The minimum absolute atomic E-state index is 0.152. The van der Waals surface area contributed by atoms with Crippen LogP contribution in [0.25, 0.3) is 0 Å². The molecule has 1 aliphatic carbocycles. The van der Waals surface area contributed by atoms with Crippen molar-refractivity contribution in [2.24, 2.45) is 11.1 Å². The van der Waals surface area contributed by atoms with Crippen LogP contribution in [0, 0.1) is 5.41 Å². The van der Waals surface area contributed by atoms with E-state index in [1.165, 1.54) is 11.1 Å². The summed E-state index contributed by atoms with van der Waals surface area (Å²) in [4.78, 5) is 0. The molecule has 0 saturated carbocycles. The molecule has 3 heteroatoms. The fraction of sp³-hybridized carbons (Fsp3) is 0.500. The van der Waals surface area contributed by atoms with E-state index in [2.05, 4.69) is 29.0 Å². The van der Waals surface area contributed by atoms with E-state index in [1.54, 1.807) is 0 Å². The average molecular weight is 203 g/mol. The van der Waals surface area contributed by atoms with E-state index in [1.807, 2.05) is 0 Å². The van der Waals surface area contributed by atoms with Crippen molar-refractivity contribution < 1.29 is 0 Å². The number of fused-ring (bicyclic) bond motifs is 1. The topological polar surface area (TPSA) is 50.1 Å². The van der Waals surface area contributed by atoms with Crippen molar-refractivity contribution in [1.82, 2.24) is 10.6 Å². The summed E-state index contributed by atoms with van der Waals surface area (Å²) in [5.41, 5.74) is 10.3. The van der Waals surface area contributed by atoms with E-state index < -0.39 is 0 Å². The molecule has 3 rings (SSSR count). The maximum absolute atomic E-state index is 6.23. The van der Waals surface area contributed by atoms with Gasteiger partial charge in [-0.15, -0.1) is 0 Å². The lowest BCUT2D eigenvalue weighted by Gasteiger charge is -2.37. The third kappa shape index (κ3) is 1.16. The molecular formula is C12H17N3. The van der Waals surface area contributed by atoms with Gasteiger partial charge in [0.15, 0.2) is 0 Å². The second-order valence-electron chi connectivity index (χ2n) is 4.58. The Morgan fingerprint density at radius 3 is 2.87 bits per heavy atom. The van der Waals surface area contributed by atoms with Crippen molar-refractivity contribution in [2.45, 2.75) is 12.8 Å². The van der Waals surface area contributed by atoms with Gasteiger partial charge in [-0.2, -0.15) is 0 Å². The molecule has 2 aliphatic heterocycles. The second-order valence-corrected chi connectivity index (χ2v) is 4.58. The Kier molecular flexibility index (Phi) is 1.89. The summed E-state index contributed by atoms with van der Waals surface area (Å²) in [6.07, 6.45) is 8.71. The first kappa shape index (κ1) is 9.04. The van der Waals surface area contributed by atoms with Crippen LogP contribution < -0.4 is 16.4 Å². The molecule has 3 nitrogen and oxygen atoms in total. The van der Waals surface area contributed by atoms with E-state index in [9.17, 15) is 0 Å². The lowest BCUT2D eigenvalue weighted by molar-refractivity contribution is 0.311. The van der Waals surface area contributed by atoms with Crippen molar-refractivity contribution in [2.75, 3.05) is 19.6 Å². The van der Waals surface area contributed by atoms with Gasteiger partial charge in [0.05, 0.1) is 0 Å². The standard InChI is InChI=1S/C12H17N3/c13-11-7-9-8-15-4-1-10(9)12(11)2-5-14-6-3-12/h1,4,7,14-15H,2-3,5-6,8,13H2. The zero-order valence-electron chi connectivity index (χ0n) is 8.84. The van der Waals surface area contributed by atoms with E-state index in [-0.39, 0.29) is 5.41 Å². The van der Waals surface area contributed by atoms with Gasteiger partial charge >= 0.3 is 0 Å². The summed E-state index contributed by atoms with van der Waals surface area (Å²) in [5, 5.41) is 6.65. The molecule has 80 valence electrons. The first-order valence-corrected chi connectivity index (χ1v) is 5.65. The van der Waals surface area contributed by atoms with Crippen molar-refractivity contribution in [3.05, 3.63) is 35.2 Å². The Labute approximate surface area is 90.1 Å². The van der Waals surface area contributed by atoms with Crippen LogP contribution in [-0.2, 0) is 0 Å². The molecular weight excluding hydrogens is 186 g/mol. The van der Waals surface area contributed by atoms with Crippen LogP contribution >= 0.6 is 0 Å². The maximum atomic E-state index is 6.23.